The van der Waals surface area contributed by atoms with Crippen LogP contribution in [0, 0.1) is 34.5 Å². The van der Waals surface area contributed by atoms with Gasteiger partial charge in [0.2, 0.25) is 0 Å². The zero-order chi connectivity index (χ0) is 36.9. The van der Waals surface area contributed by atoms with Crippen molar-refractivity contribution in [1.29, 1.82) is 0 Å². The van der Waals surface area contributed by atoms with Crippen LogP contribution in [0.15, 0.2) is 48.8 Å². The Bertz CT molecular complexity index is 1790. The Labute approximate surface area is 325 Å². The topological polar surface area (TPSA) is 162 Å². The number of rotatable bonds is 6. The third-order valence-corrected chi connectivity index (χ3v) is 13.4. The molecule has 2 aromatic heterocycles. The number of aromatic nitrogens is 4. The van der Waals surface area contributed by atoms with Gasteiger partial charge >= 0.3 is 0 Å². The summed E-state index contributed by atoms with van der Waals surface area (Å²) in [5.41, 5.74) is 27.4. The second kappa shape index (κ2) is 14.6. The third kappa shape index (κ3) is 7.22. The van der Waals surface area contributed by atoms with E-state index >= 15 is 0 Å². The highest BCUT2D eigenvalue weighted by molar-refractivity contribution is 6.44. The van der Waals surface area contributed by atoms with Gasteiger partial charge in [0.15, 0.2) is 11.6 Å². The smallest absolute Gasteiger partial charge is 0.152 e. The monoisotopic (exact) mass is 782 g/mol. The van der Waals surface area contributed by atoms with Crippen molar-refractivity contribution < 1.29 is 0 Å². The number of halogens is 4. The van der Waals surface area contributed by atoms with Crippen molar-refractivity contribution in [3.8, 4) is 22.5 Å². The molecule has 2 aliphatic carbocycles. The molecule has 8 rings (SSSR count). The summed E-state index contributed by atoms with van der Waals surface area (Å²) in [5, 5.41) is 1.84. The van der Waals surface area contributed by atoms with Crippen LogP contribution in [0.25, 0.3) is 22.5 Å². The SMILES string of the molecule is CC1(CN)C[C@H]2CN(c3cnc(-c4cccc(Cl)c4Cl)c(N)n3)C[C@H]2C1.CC1(CN)C[C@H]2CN(c3cnc(-c4cccc(Cl)c4Cl)c(N)n3)C[C@H]2C1. The summed E-state index contributed by atoms with van der Waals surface area (Å²) in [6, 6.07) is 10.8. The van der Waals surface area contributed by atoms with Gasteiger partial charge in [-0.15, -0.1) is 0 Å². The van der Waals surface area contributed by atoms with Crippen LogP contribution in [-0.4, -0.2) is 59.2 Å². The fraction of sp³-hybridized carbons (Fsp3) is 0.474. The van der Waals surface area contributed by atoms with E-state index in [0.717, 1.165) is 50.9 Å². The van der Waals surface area contributed by atoms with Crippen LogP contribution in [0.5, 0.6) is 0 Å². The molecule has 4 heterocycles. The van der Waals surface area contributed by atoms with Crippen LogP contribution in [0.2, 0.25) is 20.1 Å². The van der Waals surface area contributed by atoms with Gasteiger partial charge in [-0.25, -0.2) is 19.9 Å². The third-order valence-electron chi connectivity index (χ3n) is 11.8. The first-order chi connectivity index (χ1) is 24.8. The van der Waals surface area contributed by atoms with E-state index in [4.69, 9.17) is 69.3 Å². The van der Waals surface area contributed by atoms with Gasteiger partial charge in [-0.05, 0) is 85.4 Å². The second-order valence-electron chi connectivity index (χ2n) is 15.8. The van der Waals surface area contributed by atoms with Crippen LogP contribution >= 0.6 is 46.4 Å². The lowest BCUT2D eigenvalue weighted by molar-refractivity contribution is 0.324. The van der Waals surface area contributed by atoms with E-state index in [0.29, 0.717) is 88.7 Å². The molecular formula is C38H46Cl4N10. The number of hydrogen-bond acceptors (Lipinski definition) is 10. The van der Waals surface area contributed by atoms with E-state index < -0.39 is 0 Å². The van der Waals surface area contributed by atoms with Crippen molar-refractivity contribution in [1.82, 2.24) is 19.9 Å². The predicted molar refractivity (Wildman–Crippen MR) is 215 cm³/mol. The van der Waals surface area contributed by atoms with Crippen LogP contribution < -0.4 is 32.7 Å². The van der Waals surface area contributed by atoms with Crippen LogP contribution in [0.4, 0.5) is 23.3 Å². The van der Waals surface area contributed by atoms with Gasteiger partial charge in [-0.3, -0.25) is 0 Å². The highest BCUT2D eigenvalue weighted by Gasteiger charge is 2.47. The molecule has 2 saturated heterocycles. The molecule has 14 heteroatoms. The molecule has 4 aromatic rings. The second-order valence-corrected chi connectivity index (χ2v) is 17.4. The molecule has 8 N–H and O–H groups in total. The average molecular weight is 785 g/mol. The normalized spacial score (nSPS) is 27.8. The number of nitrogen functional groups attached to an aromatic ring is 2. The van der Waals surface area contributed by atoms with Crippen LogP contribution in [0.3, 0.4) is 0 Å². The van der Waals surface area contributed by atoms with E-state index in [9.17, 15) is 0 Å². The Hall–Kier alpha value is -3.12. The Kier molecular flexibility index (Phi) is 10.5. The molecule has 2 saturated carbocycles. The molecule has 0 amide bonds. The maximum absolute atomic E-state index is 6.30. The first kappa shape index (κ1) is 37.2. The highest BCUT2D eigenvalue weighted by atomic mass is 35.5. The number of benzene rings is 2. The summed E-state index contributed by atoms with van der Waals surface area (Å²) in [6.45, 7) is 10.1. The lowest BCUT2D eigenvalue weighted by atomic mass is 9.87. The highest BCUT2D eigenvalue weighted by Crippen LogP contribution is 2.50. The molecule has 2 unspecified atom stereocenters. The summed E-state index contributed by atoms with van der Waals surface area (Å²) < 4.78 is 0. The van der Waals surface area contributed by atoms with E-state index in [1.54, 1.807) is 24.5 Å². The summed E-state index contributed by atoms with van der Waals surface area (Å²) in [4.78, 5) is 22.9. The maximum atomic E-state index is 6.30. The summed E-state index contributed by atoms with van der Waals surface area (Å²) >= 11 is 24.8. The van der Waals surface area contributed by atoms with Gasteiger partial charge < -0.3 is 32.7 Å². The van der Waals surface area contributed by atoms with Crippen LogP contribution in [-0.2, 0) is 0 Å². The first-order valence-electron chi connectivity index (χ1n) is 17.8. The molecule has 276 valence electrons. The zero-order valence-electron chi connectivity index (χ0n) is 29.5. The molecule has 0 spiro atoms. The number of nitrogens with two attached hydrogens (primary N) is 4. The van der Waals surface area contributed by atoms with E-state index in [1.165, 1.54) is 25.7 Å². The van der Waals surface area contributed by atoms with Gasteiger partial charge in [-0.1, -0.05) is 84.5 Å². The Morgan fingerprint density at radius 3 is 1.27 bits per heavy atom. The van der Waals surface area contributed by atoms with Crippen LogP contribution in [0.1, 0.15) is 39.5 Å². The summed E-state index contributed by atoms with van der Waals surface area (Å²) in [5.74, 6) is 5.09. The van der Waals surface area contributed by atoms with Gasteiger partial charge in [0.1, 0.15) is 23.0 Å². The van der Waals surface area contributed by atoms with Crippen molar-refractivity contribution >= 4 is 69.7 Å². The zero-order valence-corrected chi connectivity index (χ0v) is 32.5. The van der Waals surface area contributed by atoms with Crippen molar-refractivity contribution in [3.63, 3.8) is 0 Å². The van der Waals surface area contributed by atoms with Crippen molar-refractivity contribution in [2.24, 2.45) is 46.0 Å². The minimum atomic E-state index is 0.291. The molecule has 2 aliphatic heterocycles. The average Bonchev–Trinajstić information content (AvgIpc) is 3.86. The van der Waals surface area contributed by atoms with Crippen molar-refractivity contribution in [3.05, 3.63) is 68.9 Å². The largest absolute Gasteiger partial charge is 0.382 e. The molecular weight excluding hydrogens is 738 g/mol. The number of anilines is 4. The van der Waals surface area contributed by atoms with Gasteiger partial charge in [-0.2, -0.15) is 0 Å². The summed E-state index contributed by atoms with van der Waals surface area (Å²) in [6.07, 6.45) is 8.30. The molecule has 10 nitrogen and oxygen atoms in total. The summed E-state index contributed by atoms with van der Waals surface area (Å²) in [7, 11) is 0. The maximum Gasteiger partial charge on any atom is 0.152 e. The lowest BCUT2D eigenvalue weighted by Crippen LogP contribution is -2.29. The molecule has 4 fully saturated rings. The minimum absolute atomic E-state index is 0.291. The molecule has 52 heavy (non-hydrogen) atoms. The molecule has 0 bridgehead atoms. The van der Waals surface area contributed by atoms with Gasteiger partial charge in [0.25, 0.3) is 0 Å². The standard InChI is InChI=1S/2C19H23Cl2N5/c2*1-19(10-22)5-11-8-26(9-12(11)6-19)15-7-24-17(18(23)25-15)13-3-2-4-14(20)16(13)21/h2*2-4,7,11-12H,5-6,8-10,22H2,1H3,(H2,23,25)/t2*11-,12+,19?. The lowest BCUT2D eigenvalue weighted by Gasteiger charge is -2.26. The Morgan fingerprint density at radius 2 is 0.962 bits per heavy atom. The fourth-order valence-electron chi connectivity index (χ4n) is 9.09. The van der Waals surface area contributed by atoms with Crippen molar-refractivity contribution in [2.45, 2.75) is 39.5 Å². The Morgan fingerprint density at radius 1 is 0.615 bits per heavy atom. The van der Waals surface area contributed by atoms with Gasteiger partial charge in [0, 0.05) is 37.3 Å². The molecule has 4 aliphatic rings. The van der Waals surface area contributed by atoms with E-state index in [1.807, 2.05) is 24.3 Å². The van der Waals surface area contributed by atoms with Crippen molar-refractivity contribution in [2.75, 3.05) is 60.5 Å². The fourth-order valence-corrected chi connectivity index (χ4v) is 9.87. The minimum Gasteiger partial charge on any atom is -0.382 e. The first-order valence-corrected chi connectivity index (χ1v) is 19.4. The van der Waals surface area contributed by atoms with E-state index in [-0.39, 0.29) is 0 Å². The van der Waals surface area contributed by atoms with Gasteiger partial charge in [0.05, 0.1) is 32.5 Å². The Balaban J connectivity index is 0.000000162. The quantitative estimate of drug-likeness (QED) is 0.153. The number of hydrogen-bond donors (Lipinski definition) is 4. The molecule has 0 radical (unpaired) electrons. The number of fused-ring (bicyclic) bond motifs is 2. The predicted octanol–water partition coefficient (Wildman–Crippen LogP) is 7.69. The van der Waals surface area contributed by atoms with E-state index in [2.05, 4.69) is 43.6 Å². The number of nitrogens with zero attached hydrogens (tertiary/aromatic N) is 6. The molecule has 2 aromatic carbocycles. The molecule has 6 atom stereocenters.